The van der Waals surface area contributed by atoms with Crippen LogP contribution in [0.25, 0.3) is 0 Å². The molecule has 0 spiro atoms. The fourth-order valence-corrected chi connectivity index (χ4v) is 5.72. The van der Waals surface area contributed by atoms with Crippen LogP contribution in [0.15, 0.2) is 57.0 Å². The van der Waals surface area contributed by atoms with Gasteiger partial charge in [0.15, 0.2) is 11.9 Å². The molecule has 0 bridgehead atoms. The minimum atomic E-state index is -4.69. The Labute approximate surface area is 196 Å². The summed E-state index contributed by atoms with van der Waals surface area (Å²) in [5, 5.41) is 13.7. The molecular formula is C24H28F3N5O2. The minimum Gasteiger partial charge on any atom is -0.378 e. The first-order chi connectivity index (χ1) is 16.1. The Morgan fingerprint density at radius 2 is 1.97 bits per heavy atom. The van der Waals surface area contributed by atoms with Gasteiger partial charge in [0.05, 0.1) is 24.2 Å². The predicted molar refractivity (Wildman–Crippen MR) is 120 cm³/mol. The Kier molecular flexibility index (Phi) is 5.27. The maximum atomic E-state index is 14.2. The number of benzene rings is 1. The van der Waals surface area contributed by atoms with Gasteiger partial charge in [-0.2, -0.15) is 18.3 Å². The van der Waals surface area contributed by atoms with Crippen LogP contribution in [-0.4, -0.2) is 50.1 Å². The number of amides is 1. The van der Waals surface area contributed by atoms with Gasteiger partial charge in [-0.15, -0.1) is 5.11 Å². The van der Waals surface area contributed by atoms with Crippen molar-refractivity contribution in [3.63, 3.8) is 0 Å². The van der Waals surface area contributed by atoms with Crippen LogP contribution in [0.2, 0.25) is 0 Å². The zero-order chi connectivity index (χ0) is 24.3. The predicted octanol–water partition coefficient (Wildman–Crippen LogP) is 3.94. The van der Waals surface area contributed by atoms with E-state index in [0.717, 1.165) is 5.69 Å². The normalized spacial score (nSPS) is 28.5. The number of rotatable bonds is 3. The van der Waals surface area contributed by atoms with Crippen LogP contribution in [0.5, 0.6) is 0 Å². The molecule has 4 aliphatic heterocycles. The minimum absolute atomic E-state index is 0.00441. The van der Waals surface area contributed by atoms with Crippen molar-refractivity contribution < 1.29 is 22.7 Å². The van der Waals surface area contributed by atoms with Gasteiger partial charge in [-0.25, -0.2) is 0 Å². The molecular weight excluding hydrogens is 447 g/mol. The first kappa shape index (κ1) is 22.9. The fourth-order valence-electron chi connectivity index (χ4n) is 5.72. The average molecular weight is 476 g/mol. The maximum Gasteiger partial charge on any atom is 0.435 e. The number of azo groups is 1. The van der Waals surface area contributed by atoms with Gasteiger partial charge in [0, 0.05) is 42.0 Å². The van der Waals surface area contributed by atoms with Gasteiger partial charge < -0.3 is 20.3 Å². The van der Waals surface area contributed by atoms with E-state index in [2.05, 4.69) is 25.8 Å². The lowest BCUT2D eigenvalue weighted by atomic mass is 9.61. The lowest BCUT2D eigenvalue weighted by Gasteiger charge is -2.48. The van der Waals surface area contributed by atoms with E-state index in [1.807, 2.05) is 45.0 Å². The summed E-state index contributed by atoms with van der Waals surface area (Å²) in [6.07, 6.45) is -4.95. The number of carbonyl (C=O) groups excluding carboxylic acids is 1. The SMILES string of the molecule is CC[C@]1(c2cccc(N3CCOCC3)c2)C2=C(CC(C)(C)NC2=O)NC2N=NC(C(F)(F)F)=C21. The van der Waals surface area contributed by atoms with Crippen molar-refractivity contribution in [2.45, 2.75) is 56.9 Å². The van der Waals surface area contributed by atoms with Gasteiger partial charge >= 0.3 is 6.18 Å². The number of anilines is 1. The van der Waals surface area contributed by atoms with Crippen LogP contribution in [-0.2, 0) is 14.9 Å². The third-order valence-electron chi connectivity index (χ3n) is 7.11. The Morgan fingerprint density at radius 3 is 2.65 bits per heavy atom. The molecule has 0 radical (unpaired) electrons. The van der Waals surface area contributed by atoms with E-state index in [4.69, 9.17) is 4.74 Å². The number of morpholine rings is 1. The molecule has 4 aliphatic rings. The first-order valence-electron chi connectivity index (χ1n) is 11.6. The lowest BCUT2D eigenvalue weighted by molar-refractivity contribution is -0.120. The van der Waals surface area contributed by atoms with Crippen LogP contribution in [0, 0.1) is 0 Å². The summed E-state index contributed by atoms with van der Waals surface area (Å²) < 4.78 is 47.9. The highest BCUT2D eigenvalue weighted by Crippen LogP contribution is 2.55. The molecule has 1 saturated heterocycles. The highest BCUT2D eigenvalue weighted by molar-refractivity contribution is 6.00. The molecule has 4 heterocycles. The second-order valence-corrected chi connectivity index (χ2v) is 9.80. The van der Waals surface area contributed by atoms with Crippen LogP contribution < -0.4 is 15.5 Å². The van der Waals surface area contributed by atoms with Crippen molar-refractivity contribution in [2.75, 3.05) is 31.2 Å². The lowest BCUT2D eigenvalue weighted by Crippen LogP contribution is -2.58. The van der Waals surface area contributed by atoms with Crippen LogP contribution >= 0.6 is 0 Å². The highest BCUT2D eigenvalue weighted by atomic mass is 19.4. The molecule has 1 amide bonds. The fraction of sp³-hybridized carbons (Fsp3) is 0.542. The van der Waals surface area contributed by atoms with Crippen molar-refractivity contribution in [3.05, 3.63) is 52.4 Å². The summed E-state index contributed by atoms with van der Waals surface area (Å²) in [4.78, 5) is 15.7. The van der Waals surface area contributed by atoms with Crippen molar-refractivity contribution >= 4 is 11.6 Å². The van der Waals surface area contributed by atoms with Crippen LogP contribution in [0.3, 0.4) is 0 Å². The maximum absolute atomic E-state index is 14.2. The molecule has 2 N–H and O–H groups in total. The Morgan fingerprint density at radius 1 is 1.24 bits per heavy atom. The number of fused-ring (bicyclic) bond motifs is 1. The number of hydrogen-bond acceptors (Lipinski definition) is 6. The van der Waals surface area contributed by atoms with Gasteiger partial charge in [0.1, 0.15) is 0 Å². The monoisotopic (exact) mass is 475 g/mol. The number of nitrogens with one attached hydrogen (secondary N) is 2. The van der Waals surface area contributed by atoms with E-state index in [9.17, 15) is 18.0 Å². The third-order valence-corrected chi connectivity index (χ3v) is 7.11. The van der Waals surface area contributed by atoms with Crippen molar-refractivity contribution in [2.24, 2.45) is 10.2 Å². The summed E-state index contributed by atoms with van der Waals surface area (Å²) in [5.74, 6) is -0.364. The molecule has 7 nitrogen and oxygen atoms in total. The van der Waals surface area contributed by atoms with Crippen molar-refractivity contribution in [1.82, 2.24) is 10.6 Å². The van der Waals surface area contributed by atoms with Gasteiger partial charge in [-0.3, -0.25) is 4.79 Å². The van der Waals surface area contributed by atoms with E-state index in [-0.39, 0.29) is 17.9 Å². The number of carbonyl (C=O) groups is 1. The van der Waals surface area contributed by atoms with E-state index >= 15 is 0 Å². The molecule has 1 aromatic rings. The largest absolute Gasteiger partial charge is 0.435 e. The third kappa shape index (κ3) is 3.50. The number of halogens is 3. The van der Waals surface area contributed by atoms with Gasteiger partial charge in [0.25, 0.3) is 5.91 Å². The molecule has 5 rings (SSSR count). The topological polar surface area (TPSA) is 78.3 Å². The van der Waals surface area contributed by atoms with Gasteiger partial charge in [0.2, 0.25) is 0 Å². The second kappa shape index (κ2) is 7.83. The molecule has 0 saturated carbocycles. The van der Waals surface area contributed by atoms with E-state index in [1.54, 1.807) is 0 Å². The van der Waals surface area contributed by atoms with E-state index in [1.165, 1.54) is 0 Å². The zero-order valence-corrected chi connectivity index (χ0v) is 19.4. The number of alkyl halides is 3. The summed E-state index contributed by atoms with van der Waals surface area (Å²) in [6, 6.07) is 7.51. The highest BCUT2D eigenvalue weighted by Gasteiger charge is 2.57. The number of allylic oxidation sites excluding steroid dienone is 1. The van der Waals surface area contributed by atoms with Crippen molar-refractivity contribution in [1.29, 1.82) is 0 Å². The van der Waals surface area contributed by atoms with Crippen molar-refractivity contribution in [3.8, 4) is 0 Å². The smallest absolute Gasteiger partial charge is 0.378 e. The summed E-state index contributed by atoms with van der Waals surface area (Å²) in [6.45, 7) is 8.16. The summed E-state index contributed by atoms with van der Waals surface area (Å²) in [5.41, 5.74) is -0.398. The molecule has 182 valence electrons. The van der Waals surface area contributed by atoms with Crippen LogP contribution in [0.4, 0.5) is 18.9 Å². The van der Waals surface area contributed by atoms with Gasteiger partial charge in [-0.05, 0) is 38.0 Å². The standard InChI is InChI=1S/C24H28F3N5O2/c1-4-23(14-6-5-7-15(12-14)32-8-10-34-11-9-32)17-16(13-22(2,3)29-21(17)33)28-20-18(23)19(30-31-20)24(25,26)27/h5-7,12,20,28H,4,8-11,13H2,1-3H3,(H,29,33)/t20?,23-/m0/s1. The average Bonchev–Trinajstić information content (AvgIpc) is 3.22. The molecule has 1 unspecified atom stereocenters. The zero-order valence-electron chi connectivity index (χ0n) is 19.4. The number of hydrogen-bond donors (Lipinski definition) is 2. The summed E-state index contributed by atoms with van der Waals surface area (Å²) >= 11 is 0. The number of nitrogens with zero attached hydrogens (tertiary/aromatic N) is 3. The Balaban J connectivity index is 1.77. The second-order valence-electron chi connectivity index (χ2n) is 9.80. The molecule has 34 heavy (non-hydrogen) atoms. The van der Waals surface area contributed by atoms with E-state index < -0.39 is 29.0 Å². The molecule has 1 fully saturated rings. The first-order valence-corrected chi connectivity index (χ1v) is 11.6. The van der Waals surface area contributed by atoms with Crippen LogP contribution in [0.1, 0.15) is 39.2 Å². The molecule has 0 aliphatic carbocycles. The quantitative estimate of drug-likeness (QED) is 0.695. The van der Waals surface area contributed by atoms with E-state index in [0.29, 0.717) is 49.6 Å². The molecule has 1 aromatic carbocycles. The Hall–Kier alpha value is -2.88. The molecule has 10 heteroatoms. The number of ether oxygens (including phenoxy) is 1. The van der Waals surface area contributed by atoms with Gasteiger partial charge in [-0.1, -0.05) is 19.1 Å². The molecule has 0 aromatic heterocycles. The Bertz CT molecular complexity index is 1120. The molecule has 2 atom stereocenters. The summed E-state index contributed by atoms with van der Waals surface area (Å²) in [7, 11) is 0.